The summed E-state index contributed by atoms with van der Waals surface area (Å²) < 4.78 is 13.5. The number of hydrogen-bond acceptors (Lipinski definition) is 3. The molecule has 0 amide bonds. The molecule has 0 radical (unpaired) electrons. The zero-order valence-electron chi connectivity index (χ0n) is 28.7. The lowest BCUT2D eigenvalue weighted by Gasteiger charge is -2.27. The zero-order valence-corrected chi connectivity index (χ0v) is 28.7. The standard InChI is InChI=1S/C50H31NO2/c1-2-11-32(12-3-1)34-23-25-38(26-24-34)51(44-19-10-16-35-14-6-7-17-40(35)44)39-27-28-46-42(30-39)43-31-47-49(41-18-8-9-20-45(41)52-47)48(50(43)53-46)37-22-21-33-13-4-5-15-36(33)29-37/h1-31H. The summed E-state index contributed by atoms with van der Waals surface area (Å²) in [6, 6.07) is 66.7. The number of hydrogen-bond donors (Lipinski definition) is 0. The molecule has 9 aromatic carbocycles. The van der Waals surface area contributed by atoms with E-state index in [1.165, 1.54) is 32.7 Å². The van der Waals surface area contributed by atoms with E-state index in [4.69, 9.17) is 8.83 Å². The highest BCUT2D eigenvalue weighted by molar-refractivity contribution is 6.24. The summed E-state index contributed by atoms with van der Waals surface area (Å²) in [5.41, 5.74) is 11.1. The van der Waals surface area contributed by atoms with Crippen molar-refractivity contribution in [2.45, 2.75) is 0 Å². The molecule has 0 aliphatic carbocycles. The molecule has 0 saturated carbocycles. The fourth-order valence-electron chi connectivity index (χ4n) is 8.13. The van der Waals surface area contributed by atoms with Crippen LogP contribution in [0.25, 0.3) is 87.7 Å². The number of para-hydroxylation sites is 1. The molecule has 11 aromatic rings. The van der Waals surface area contributed by atoms with Gasteiger partial charge >= 0.3 is 0 Å². The van der Waals surface area contributed by atoms with Crippen LogP contribution in [0.1, 0.15) is 0 Å². The van der Waals surface area contributed by atoms with E-state index in [0.29, 0.717) is 0 Å². The van der Waals surface area contributed by atoms with Crippen LogP contribution >= 0.6 is 0 Å². The van der Waals surface area contributed by atoms with E-state index >= 15 is 0 Å². The summed E-state index contributed by atoms with van der Waals surface area (Å²) in [4.78, 5) is 2.36. The molecule has 0 spiro atoms. The van der Waals surface area contributed by atoms with Gasteiger partial charge in [-0.3, -0.25) is 0 Å². The maximum atomic E-state index is 6.90. The minimum absolute atomic E-state index is 0.833. The van der Waals surface area contributed by atoms with Gasteiger partial charge in [0.1, 0.15) is 22.3 Å². The van der Waals surface area contributed by atoms with Gasteiger partial charge in [0.2, 0.25) is 0 Å². The minimum atomic E-state index is 0.833. The van der Waals surface area contributed by atoms with Gasteiger partial charge in [-0.1, -0.05) is 133 Å². The summed E-state index contributed by atoms with van der Waals surface area (Å²) in [5.74, 6) is 0. The van der Waals surface area contributed by atoms with Gasteiger partial charge in [-0.2, -0.15) is 0 Å². The van der Waals surface area contributed by atoms with Crippen LogP contribution in [-0.2, 0) is 0 Å². The Morgan fingerprint density at radius 3 is 1.87 bits per heavy atom. The Morgan fingerprint density at radius 1 is 0.340 bits per heavy atom. The fraction of sp³-hybridized carbons (Fsp3) is 0. The molecular formula is C50H31NO2. The van der Waals surface area contributed by atoms with Crippen molar-refractivity contribution < 1.29 is 8.83 Å². The fourth-order valence-corrected chi connectivity index (χ4v) is 8.13. The Bertz CT molecular complexity index is 3160. The molecule has 2 heterocycles. The van der Waals surface area contributed by atoms with Crippen molar-refractivity contribution in [3.05, 3.63) is 188 Å². The molecule has 248 valence electrons. The van der Waals surface area contributed by atoms with E-state index in [1.807, 2.05) is 12.1 Å². The second-order valence-corrected chi connectivity index (χ2v) is 13.7. The maximum absolute atomic E-state index is 6.90. The average molecular weight is 678 g/mol. The number of anilines is 3. The van der Waals surface area contributed by atoms with E-state index in [2.05, 4.69) is 181 Å². The molecule has 0 bridgehead atoms. The van der Waals surface area contributed by atoms with Crippen molar-refractivity contribution >= 4 is 82.5 Å². The van der Waals surface area contributed by atoms with E-state index in [1.54, 1.807) is 0 Å². The second kappa shape index (κ2) is 11.7. The number of rotatable bonds is 5. The molecule has 2 aromatic heterocycles. The Kier molecular flexibility index (Phi) is 6.55. The van der Waals surface area contributed by atoms with Crippen molar-refractivity contribution in [1.82, 2.24) is 0 Å². The molecule has 3 nitrogen and oxygen atoms in total. The Hall–Kier alpha value is -7.10. The van der Waals surface area contributed by atoms with Gasteiger partial charge in [-0.25, -0.2) is 0 Å². The second-order valence-electron chi connectivity index (χ2n) is 13.7. The highest BCUT2D eigenvalue weighted by Gasteiger charge is 2.23. The Morgan fingerprint density at radius 2 is 1.00 bits per heavy atom. The molecule has 0 aliphatic heterocycles. The number of furan rings is 2. The zero-order chi connectivity index (χ0) is 34.9. The lowest BCUT2D eigenvalue weighted by atomic mass is 9.95. The average Bonchev–Trinajstić information content (AvgIpc) is 3.78. The van der Waals surface area contributed by atoms with Crippen molar-refractivity contribution in [3.63, 3.8) is 0 Å². The molecule has 0 N–H and O–H groups in total. The Labute approximate surface area is 305 Å². The summed E-state index contributed by atoms with van der Waals surface area (Å²) >= 11 is 0. The van der Waals surface area contributed by atoms with Crippen LogP contribution in [0.3, 0.4) is 0 Å². The Balaban J connectivity index is 1.17. The lowest BCUT2D eigenvalue weighted by molar-refractivity contribution is 0.664. The highest BCUT2D eigenvalue weighted by Crippen LogP contribution is 2.47. The molecular weight excluding hydrogens is 647 g/mol. The van der Waals surface area contributed by atoms with Gasteiger partial charge in [0.15, 0.2) is 0 Å². The van der Waals surface area contributed by atoms with Crippen molar-refractivity contribution in [1.29, 1.82) is 0 Å². The first-order chi connectivity index (χ1) is 26.3. The van der Waals surface area contributed by atoms with Gasteiger partial charge in [0.25, 0.3) is 0 Å². The van der Waals surface area contributed by atoms with E-state index in [0.717, 1.165) is 72.1 Å². The summed E-state index contributed by atoms with van der Waals surface area (Å²) in [6.45, 7) is 0. The molecule has 0 saturated heterocycles. The van der Waals surface area contributed by atoms with Crippen molar-refractivity contribution in [2.75, 3.05) is 4.90 Å². The predicted octanol–water partition coefficient (Wildman–Crippen LogP) is 14.6. The third-order valence-electron chi connectivity index (χ3n) is 10.6. The molecule has 0 aliphatic rings. The molecule has 0 unspecified atom stereocenters. The third kappa shape index (κ3) is 4.75. The maximum Gasteiger partial charge on any atom is 0.144 e. The molecule has 53 heavy (non-hydrogen) atoms. The SMILES string of the molecule is c1ccc(-c2ccc(N(c3ccc4oc5c(-c6ccc7ccccc7c6)c6c(cc5c4c3)oc3ccccc36)c3cccc4ccccc34)cc2)cc1. The van der Waals surface area contributed by atoms with E-state index in [-0.39, 0.29) is 0 Å². The molecule has 3 heteroatoms. The summed E-state index contributed by atoms with van der Waals surface area (Å²) in [6.07, 6.45) is 0. The monoisotopic (exact) mass is 677 g/mol. The first kappa shape index (κ1) is 29.6. The van der Waals surface area contributed by atoms with Crippen LogP contribution < -0.4 is 4.90 Å². The number of fused-ring (bicyclic) bond motifs is 8. The topological polar surface area (TPSA) is 29.5 Å². The first-order valence-electron chi connectivity index (χ1n) is 18.0. The molecule has 0 fully saturated rings. The van der Waals surface area contributed by atoms with Crippen LogP contribution in [-0.4, -0.2) is 0 Å². The molecule has 0 atom stereocenters. The number of nitrogens with zero attached hydrogens (tertiary/aromatic N) is 1. The van der Waals surface area contributed by atoms with Gasteiger partial charge in [0, 0.05) is 43.9 Å². The lowest BCUT2D eigenvalue weighted by Crippen LogP contribution is -2.10. The molecule has 11 rings (SSSR count). The van der Waals surface area contributed by atoms with Crippen LogP contribution in [0.15, 0.2) is 197 Å². The normalized spacial score (nSPS) is 11.8. The smallest absolute Gasteiger partial charge is 0.144 e. The van der Waals surface area contributed by atoms with Crippen LogP contribution in [0, 0.1) is 0 Å². The third-order valence-corrected chi connectivity index (χ3v) is 10.6. The number of benzene rings is 9. The largest absolute Gasteiger partial charge is 0.456 e. The van der Waals surface area contributed by atoms with E-state index < -0.39 is 0 Å². The van der Waals surface area contributed by atoms with Crippen molar-refractivity contribution in [2.24, 2.45) is 0 Å². The van der Waals surface area contributed by atoms with Gasteiger partial charge in [-0.15, -0.1) is 0 Å². The van der Waals surface area contributed by atoms with Crippen molar-refractivity contribution in [3.8, 4) is 22.3 Å². The van der Waals surface area contributed by atoms with Gasteiger partial charge in [-0.05, 0) is 87.4 Å². The van der Waals surface area contributed by atoms with Crippen LogP contribution in [0.4, 0.5) is 17.1 Å². The van der Waals surface area contributed by atoms with Crippen LogP contribution in [0.2, 0.25) is 0 Å². The first-order valence-corrected chi connectivity index (χ1v) is 18.0. The predicted molar refractivity (Wildman–Crippen MR) is 222 cm³/mol. The van der Waals surface area contributed by atoms with Gasteiger partial charge in [0.05, 0.1) is 5.69 Å². The highest BCUT2D eigenvalue weighted by atomic mass is 16.3. The quantitative estimate of drug-likeness (QED) is 0.182. The van der Waals surface area contributed by atoms with Gasteiger partial charge < -0.3 is 13.7 Å². The summed E-state index contributed by atoms with van der Waals surface area (Å²) in [7, 11) is 0. The minimum Gasteiger partial charge on any atom is -0.456 e. The summed E-state index contributed by atoms with van der Waals surface area (Å²) in [5, 5.41) is 8.97. The van der Waals surface area contributed by atoms with E-state index in [9.17, 15) is 0 Å². The van der Waals surface area contributed by atoms with Crippen LogP contribution in [0.5, 0.6) is 0 Å².